The molecule has 0 aliphatic rings. The minimum atomic E-state index is -0.406. The molecular formula is C9H13ClN2O2. The van der Waals surface area contributed by atoms with Crippen molar-refractivity contribution in [1.82, 2.24) is 0 Å². The van der Waals surface area contributed by atoms with Gasteiger partial charge in [0.2, 0.25) is 0 Å². The van der Waals surface area contributed by atoms with E-state index in [0.29, 0.717) is 6.54 Å². The van der Waals surface area contributed by atoms with Gasteiger partial charge in [-0.05, 0) is 18.0 Å². The molecule has 78 valence electrons. The van der Waals surface area contributed by atoms with Gasteiger partial charge < -0.3 is 5.73 Å². The Morgan fingerprint density at radius 1 is 1.43 bits per heavy atom. The van der Waals surface area contributed by atoms with Crippen LogP contribution in [0.3, 0.4) is 0 Å². The van der Waals surface area contributed by atoms with E-state index in [1.807, 2.05) is 6.92 Å². The number of nitrogens with two attached hydrogens (primary N) is 1. The summed E-state index contributed by atoms with van der Waals surface area (Å²) in [5.74, 6) is 0.251. The van der Waals surface area contributed by atoms with Crippen LogP contribution >= 0.6 is 12.4 Å². The van der Waals surface area contributed by atoms with Crippen LogP contribution in [0.5, 0.6) is 0 Å². The molecule has 4 nitrogen and oxygen atoms in total. The Bertz CT molecular complexity index is 300. The van der Waals surface area contributed by atoms with Gasteiger partial charge in [0, 0.05) is 12.1 Å². The summed E-state index contributed by atoms with van der Waals surface area (Å²) in [6, 6.07) is 6.49. The van der Waals surface area contributed by atoms with Gasteiger partial charge in [-0.1, -0.05) is 19.1 Å². The van der Waals surface area contributed by atoms with E-state index >= 15 is 0 Å². The Labute approximate surface area is 88.7 Å². The van der Waals surface area contributed by atoms with Crippen molar-refractivity contribution in [1.29, 1.82) is 0 Å². The maximum absolute atomic E-state index is 10.3. The van der Waals surface area contributed by atoms with Crippen LogP contribution in [-0.4, -0.2) is 11.5 Å². The Kier molecular flexibility index (Phi) is 5.12. The average molecular weight is 217 g/mol. The van der Waals surface area contributed by atoms with Crippen molar-refractivity contribution in [3.8, 4) is 0 Å². The highest BCUT2D eigenvalue weighted by atomic mass is 35.5. The van der Waals surface area contributed by atoms with E-state index in [4.69, 9.17) is 5.73 Å². The molecule has 0 saturated carbocycles. The van der Waals surface area contributed by atoms with Crippen molar-refractivity contribution in [3.05, 3.63) is 39.9 Å². The molecule has 0 radical (unpaired) electrons. The number of rotatable bonds is 3. The van der Waals surface area contributed by atoms with Crippen molar-refractivity contribution in [2.24, 2.45) is 5.73 Å². The third-order valence-corrected chi connectivity index (χ3v) is 2.03. The average Bonchev–Trinajstić information content (AvgIpc) is 2.17. The van der Waals surface area contributed by atoms with Crippen LogP contribution in [0.25, 0.3) is 0 Å². The molecule has 1 atom stereocenters. The summed E-state index contributed by atoms with van der Waals surface area (Å²) in [5.41, 5.74) is 6.62. The predicted octanol–water partition coefficient (Wildman–Crippen LogP) is 2.08. The van der Waals surface area contributed by atoms with Crippen molar-refractivity contribution < 1.29 is 4.92 Å². The molecule has 0 amide bonds. The molecule has 1 aromatic rings. The molecule has 0 spiro atoms. The van der Waals surface area contributed by atoms with Gasteiger partial charge >= 0.3 is 0 Å². The van der Waals surface area contributed by atoms with E-state index < -0.39 is 4.92 Å². The fourth-order valence-electron chi connectivity index (χ4n) is 1.06. The predicted molar refractivity (Wildman–Crippen MR) is 57.8 cm³/mol. The molecule has 1 unspecified atom stereocenters. The molecule has 1 rings (SSSR count). The molecule has 2 N–H and O–H groups in total. The number of benzene rings is 1. The van der Waals surface area contributed by atoms with E-state index in [2.05, 4.69) is 0 Å². The monoisotopic (exact) mass is 216 g/mol. The van der Waals surface area contributed by atoms with Crippen LogP contribution < -0.4 is 5.73 Å². The quantitative estimate of drug-likeness (QED) is 0.621. The lowest BCUT2D eigenvalue weighted by Crippen LogP contribution is -2.08. The molecule has 0 aliphatic carbocycles. The molecular weight excluding hydrogens is 204 g/mol. The fourth-order valence-corrected chi connectivity index (χ4v) is 1.06. The second-order valence-electron chi connectivity index (χ2n) is 2.99. The van der Waals surface area contributed by atoms with Gasteiger partial charge in [-0.25, -0.2) is 0 Å². The van der Waals surface area contributed by atoms with E-state index in [1.54, 1.807) is 12.1 Å². The number of hydrogen-bond donors (Lipinski definition) is 1. The van der Waals surface area contributed by atoms with E-state index in [0.717, 1.165) is 5.56 Å². The normalized spacial score (nSPS) is 11.6. The Morgan fingerprint density at radius 2 is 1.93 bits per heavy atom. The first-order chi connectivity index (χ1) is 6.15. The molecule has 0 fully saturated rings. The SMILES string of the molecule is CC(CN)c1ccc([N+](=O)[O-])cc1.Cl. The smallest absolute Gasteiger partial charge is 0.269 e. The summed E-state index contributed by atoms with van der Waals surface area (Å²) in [4.78, 5) is 9.93. The second-order valence-corrected chi connectivity index (χ2v) is 2.99. The molecule has 0 saturated heterocycles. The van der Waals surface area contributed by atoms with E-state index in [-0.39, 0.29) is 24.0 Å². The van der Waals surface area contributed by atoms with Gasteiger partial charge in [-0.3, -0.25) is 10.1 Å². The lowest BCUT2D eigenvalue weighted by atomic mass is 10.0. The largest absolute Gasteiger partial charge is 0.330 e. The maximum atomic E-state index is 10.3. The molecule has 0 heterocycles. The summed E-state index contributed by atoms with van der Waals surface area (Å²) in [6.45, 7) is 2.54. The first kappa shape index (κ1) is 12.9. The molecule has 5 heteroatoms. The zero-order chi connectivity index (χ0) is 9.84. The topological polar surface area (TPSA) is 69.2 Å². The second kappa shape index (κ2) is 5.57. The van der Waals surface area contributed by atoms with Gasteiger partial charge in [0.05, 0.1) is 4.92 Å². The van der Waals surface area contributed by atoms with Crippen molar-refractivity contribution in [2.45, 2.75) is 12.8 Å². The molecule has 0 aliphatic heterocycles. The third-order valence-electron chi connectivity index (χ3n) is 2.03. The zero-order valence-corrected chi connectivity index (χ0v) is 8.66. The van der Waals surface area contributed by atoms with Crippen LogP contribution in [0.15, 0.2) is 24.3 Å². The lowest BCUT2D eigenvalue weighted by Gasteiger charge is -2.07. The van der Waals surface area contributed by atoms with Crippen LogP contribution in [0.1, 0.15) is 18.4 Å². The standard InChI is InChI=1S/C9H12N2O2.ClH/c1-7(6-10)8-2-4-9(5-3-8)11(12)13;/h2-5,7H,6,10H2,1H3;1H. The Balaban J connectivity index is 0.00000169. The van der Waals surface area contributed by atoms with Crippen molar-refractivity contribution in [3.63, 3.8) is 0 Å². The molecule has 0 aromatic heterocycles. The summed E-state index contributed by atoms with van der Waals surface area (Å²) in [7, 11) is 0. The highest BCUT2D eigenvalue weighted by Crippen LogP contribution is 2.17. The fraction of sp³-hybridized carbons (Fsp3) is 0.333. The molecule has 1 aromatic carbocycles. The highest BCUT2D eigenvalue weighted by Gasteiger charge is 2.06. The number of non-ortho nitro benzene ring substituents is 1. The van der Waals surface area contributed by atoms with Crippen LogP contribution in [-0.2, 0) is 0 Å². The van der Waals surface area contributed by atoms with Crippen LogP contribution in [0.4, 0.5) is 5.69 Å². The Morgan fingerprint density at radius 3 is 2.29 bits per heavy atom. The van der Waals surface area contributed by atoms with Crippen molar-refractivity contribution >= 4 is 18.1 Å². The van der Waals surface area contributed by atoms with Gasteiger partial charge in [0.15, 0.2) is 0 Å². The van der Waals surface area contributed by atoms with E-state index in [9.17, 15) is 10.1 Å². The first-order valence-corrected chi connectivity index (χ1v) is 4.09. The van der Waals surface area contributed by atoms with Crippen LogP contribution in [0, 0.1) is 10.1 Å². The van der Waals surface area contributed by atoms with E-state index in [1.165, 1.54) is 12.1 Å². The van der Waals surface area contributed by atoms with Crippen molar-refractivity contribution in [2.75, 3.05) is 6.54 Å². The minimum absolute atomic E-state index is 0. The van der Waals surface area contributed by atoms with Crippen LogP contribution in [0.2, 0.25) is 0 Å². The number of halogens is 1. The third kappa shape index (κ3) is 2.97. The lowest BCUT2D eigenvalue weighted by molar-refractivity contribution is -0.384. The van der Waals surface area contributed by atoms with Gasteiger partial charge in [-0.2, -0.15) is 0 Å². The minimum Gasteiger partial charge on any atom is -0.330 e. The van der Waals surface area contributed by atoms with Gasteiger partial charge in [0.25, 0.3) is 5.69 Å². The summed E-state index contributed by atoms with van der Waals surface area (Å²) < 4.78 is 0. The zero-order valence-electron chi connectivity index (χ0n) is 7.84. The van der Waals surface area contributed by atoms with Gasteiger partial charge in [0.1, 0.15) is 0 Å². The number of hydrogen-bond acceptors (Lipinski definition) is 3. The summed E-state index contributed by atoms with van der Waals surface area (Å²) >= 11 is 0. The number of nitro benzene ring substituents is 1. The number of nitro groups is 1. The van der Waals surface area contributed by atoms with Gasteiger partial charge in [-0.15, -0.1) is 12.4 Å². The first-order valence-electron chi connectivity index (χ1n) is 4.09. The molecule has 14 heavy (non-hydrogen) atoms. The summed E-state index contributed by atoms with van der Waals surface area (Å²) in [5, 5.41) is 10.3. The summed E-state index contributed by atoms with van der Waals surface area (Å²) in [6.07, 6.45) is 0. The highest BCUT2D eigenvalue weighted by molar-refractivity contribution is 5.85. The Hall–Kier alpha value is -1.13. The maximum Gasteiger partial charge on any atom is 0.269 e. The molecule has 0 bridgehead atoms. The number of nitrogens with zero attached hydrogens (tertiary/aromatic N) is 1.